The van der Waals surface area contributed by atoms with Crippen molar-refractivity contribution >= 4 is 28.6 Å². The van der Waals surface area contributed by atoms with Crippen LogP contribution in [0.15, 0.2) is 83.3 Å². The van der Waals surface area contributed by atoms with Gasteiger partial charge in [-0.2, -0.15) is 0 Å². The van der Waals surface area contributed by atoms with E-state index in [1.807, 2.05) is 72.8 Å². The van der Waals surface area contributed by atoms with Gasteiger partial charge >= 0.3 is 0 Å². The molecule has 1 amide bonds. The van der Waals surface area contributed by atoms with Gasteiger partial charge in [0, 0.05) is 11.6 Å². The quantitative estimate of drug-likeness (QED) is 0.315. The summed E-state index contributed by atoms with van der Waals surface area (Å²) < 4.78 is 11.8. The molecular weight excluding hydrogens is 478 g/mol. The highest BCUT2D eigenvalue weighted by atomic mass is 35.5. The number of amides is 1. The van der Waals surface area contributed by atoms with Gasteiger partial charge in [-0.1, -0.05) is 66.2 Å². The fourth-order valence-electron chi connectivity index (χ4n) is 4.41. The summed E-state index contributed by atoms with van der Waals surface area (Å²) in [7, 11) is 0. The van der Waals surface area contributed by atoms with Gasteiger partial charge in [-0.25, -0.2) is 4.98 Å². The number of oxazole rings is 1. The van der Waals surface area contributed by atoms with Crippen molar-refractivity contribution < 1.29 is 19.1 Å². The largest absolute Gasteiger partial charge is 0.438 e. The van der Waals surface area contributed by atoms with Crippen LogP contribution in [0.5, 0.6) is 0 Å². The van der Waals surface area contributed by atoms with Crippen LogP contribution in [0.1, 0.15) is 29.5 Å². The molecule has 1 aliphatic rings. The lowest BCUT2D eigenvalue weighted by Gasteiger charge is -2.24. The summed E-state index contributed by atoms with van der Waals surface area (Å²) in [5.41, 5.74) is 3.27. The molecule has 186 valence electrons. The maximum atomic E-state index is 13.2. The summed E-state index contributed by atoms with van der Waals surface area (Å²) in [6.45, 7) is 1.02. The van der Waals surface area contributed by atoms with E-state index >= 15 is 0 Å². The van der Waals surface area contributed by atoms with Gasteiger partial charge in [0.1, 0.15) is 5.52 Å². The summed E-state index contributed by atoms with van der Waals surface area (Å²) in [6.07, 6.45) is -0.238. The third kappa shape index (κ3) is 5.94. The van der Waals surface area contributed by atoms with E-state index < -0.39 is 18.2 Å². The molecule has 0 aliphatic carbocycles. The molecule has 0 radical (unpaired) electrons. The molecule has 0 saturated carbocycles. The fourth-order valence-corrected chi connectivity index (χ4v) is 4.53. The van der Waals surface area contributed by atoms with Crippen molar-refractivity contribution in [2.45, 2.75) is 43.7 Å². The molecule has 3 aromatic carbocycles. The molecule has 1 saturated heterocycles. The maximum absolute atomic E-state index is 13.2. The Hall–Kier alpha value is -3.23. The standard InChI is InChI=1S/C28H28ClN3O4/c29-20-12-10-19(11-13-20)17-35-21-15-24(30-16-21)27(34)31-23(14-18-6-2-1-3-7-18)26(33)28-32-22-8-4-5-9-25(22)36-28/h1-13,21,23-24,26,30,33H,14-17H2,(H,31,34)/t21-,23+,24+,26?/m1/s1. The number of hydrogen-bond donors (Lipinski definition) is 3. The normalized spacial score (nSPS) is 19.3. The lowest BCUT2D eigenvalue weighted by Crippen LogP contribution is -2.48. The number of aromatic nitrogens is 1. The summed E-state index contributed by atoms with van der Waals surface area (Å²) >= 11 is 5.94. The molecule has 36 heavy (non-hydrogen) atoms. The zero-order valence-electron chi connectivity index (χ0n) is 19.6. The molecular formula is C28H28ClN3O4. The zero-order chi connectivity index (χ0) is 24.9. The number of aliphatic hydroxyl groups is 1. The van der Waals surface area contributed by atoms with Crippen LogP contribution in [0.2, 0.25) is 5.02 Å². The topological polar surface area (TPSA) is 96.6 Å². The predicted molar refractivity (Wildman–Crippen MR) is 137 cm³/mol. The molecule has 4 aromatic rings. The molecule has 1 aliphatic heterocycles. The first kappa shape index (κ1) is 24.5. The number of rotatable bonds is 9. The van der Waals surface area contributed by atoms with Gasteiger partial charge < -0.3 is 24.9 Å². The van der Waals surface area contributed by atoms with Gasteiger partial charge in [0.05, 0.1) is 24.8 Å². The van der Waals surface area contributed by atoms with Crippen molar-refractivity contribution in [3.05, 3.63) is 101 Å². The molecule has 3 N–H and O–H groups in total. The molecule has 1 fully saturated rings. The number of para-hydroxylation sites is 2. The van der Waals surface area contributed by atoms with E-state index in [1.165, 1.54) is 0 Å². The second-order valence-corrected chi connectivity index (χ2v) is 9.46. The number of nitrogens with one attached hydrogen (secondary N) is 2. The van der Waals surface area contributed by atoms with Gasteiger partial charge in [-0.15, -0.1) is 0 Å². The van der Waals surface area contributed by atoms with Gasteiger partial charge in [-0.05, 0) is 48.2 Å². The van der Waals surface area contributed by atoms with Crippen LogP contribution in [-0.2, 0) is 22.6 Å². The lowest BCUT2D eigenvalue weighted by molar-refractivity contribution is -0.124. The average molecular weight is 506 g/mol. The van der Waals surface area contributed by atoms with E-state index in [-0.39, 0.29) is 17.9 Å². The van der Waals surface area contributed by atoms with E-state index in [0.717, 1.165) is 11.1 Å². The van der Waals surface area contributed by atoms with E-state index in [2.05, 4.69) is 15.6 Å². The Labute approximate surface area is 214 Å². The number of benzene rings is 3. The minimum absolute atomic E-state index is 0.0917. The van der Waals surface area contributed by atoms with Gasteiger partial charge in [-0.3, -0.25) is 4.79 Å². The van der Waals surface area contributed by atoms with Crippen molar-refractivity contribution in [1.82, 2.24) is 15.6 Å². The summed E-state index contributed by atoms with van der Waals surface area (Å²) in [6, 6.07) is 23.5. The third-order valence-corrected chi connectivity index (χ3v) is 6.63. The van der Waals surface area contributed by atoms with Crippen LogP contribution in [0.4, 0.5) is 0 Å². The fraction of sp³-hybridized carbons (Fsp3) is 0.286. The van der Waals surface area contributed by atoms with Crippen molar-refractivity contribution in [1.29, 1.82) is 0 Å². The smallest absolute Gasteiger partial charge is 0.237 e. The Morgan fingerprint density at radius 3 is 2.61 bits per heavy atom. The number of carbonyl (C=O) groups is 1. The highest BCUT2D eigenvalue weighted by Gasteiger charge is 2.34. The number of nitrogens with zero attached hydrogens (tertiary/aromatic N) is 1. The van der Waals surface area contributed by atoms with E-state index in [9.17, 15) is 9.90 Å². The highest BCUT2D eigenvalue weighted by Crippen LogP contribution is 2.24. The Bertz CT molecular complexity index is 1260. The summed E-state index contributed by atoms with van der Waals surface area (Å²) in [5, 5.41) is 18.1. The lowest BCUT2D eigenvalue weighted by atomic mass is 10.0. The predicted octanol–water partition coefficient (Wildman–Crippen LogP) is 4.19. The van der Waals surface area contributed by atoms with Crippen LogP contribution in [0.25, 0.3) is 11.1 Å². The van der Waals surface area contributed by atoms with Crippen LogP contribution in [-0.4, -0.2) is 40.7 Å². The Kier molecular flexibility index (Phi) is 7.63. The van der Waals surface area contributed by atoms with Crippen LogP contribution in [0.3, 0.4) is 0 Å². The summed E-state index contributed by atoms with van der Waals surface area (Å²) in [4.78, 5) is 17.6. The average Bonchev–Trinajstić information content (AvgIpc) is 3.56. The van der Waals surface area contributed by atoms with E-state index in [1.54, 1.807) is 6.07 Å². The molecule has 4 atom stereocenters. The number of halogens is 1. The maximum Gasteiger partial charge on any atom is 0.237 e. The first-order valence-electron chi connectivity index (χ1n) is 12.0. The molecule has 7 nitrogen and oxygen atoms in total. The zero-order valence-corrected chi connectivity index (χ0v) is 20.4. The second kappa shape index (κ2) is 11.2. The van der Waals surface area contributed by atoms with E-state index in [4.69, 9.17) is 20.8 Å². The number of ether oxygens (including phenoxy) is 1. The molecule has 2 heterocycles. The van der Waals surface area contributed by atoms with Crippen LogP contribution < -0.4 is 10.6 Å². The second-order valence-electron chi connectivity index (χ2n) is 9.03. The Morgan fingerprint density at radius 1 is 1.08 bits per heavy atom. The minimum atomic E-state index is -1.11. The Morgan fingerprint density at radius 2 is 1.83 bits per heavy atom. The van der Waals surface area contributed by atoms with Crippen LogP contribution in [0, 0.1) is 0 Å². The van der Waals surface area contributed by atoms with Crippen LogP contribution >= 0.6 is 11.6 Å². The molecule has 5 rings (SSSR count). The third-order valence-electron chi connectivity index (χ3n) is 6.38. The first-order valence-corrected chi connectivity index (χ1v) is 12.4. The number of aliphatic hydroxyl groups excluding tert-OH is 1. The van der Waals surface area contributed by atoms with Crippen molar-refractivity contribution in [2.75, 3.05) is 6.54 Å². The van der Waals surface area contributed by atoms with Gasteiger partial charge in [0.2, 0.25) is 11.8 Å². The highest BCUT2D eigenvalue weighted by molar-refractivity contribution is 6.30. The van der Waals surface area contributed by atoms with E-state index in [0.29, 0.717) is 42.1 Å². The number of hydrogen-bond acceptors (Lipinski definition) is 6. The van der Waals surface area contributed by atoms with Gasteiger partial charge in [0.15, 0.2) is 11.7 Å². The minimum Gasteiger partial charge on any atom is -0.438 e. The monoisotopic (exact) mass is 505 g/mol. The molecule has 0 bridgehead atoms. The van der Waals surface area contributed by atoms with Crippen molar-refractivity contribution in [3.8, 4) is 0 Å². The molecule has 0 spiro atoms. The Balaban J connectivity index is 1.24. The molecule has 1 aromatic heterocycles. The SMILES string of the molecule is O=C(N[C@@H](Cc1ccccc1)C(O)c1nc2ccccc2o1)[C@@H]1C[C@@H](OCc2ccc(Cl)cc2)CN1. The van der Waals surface area contributed by atoms with Crippen molar-refractivity contribution in [2.24, 2.45) is 0 Å². The van der Waals surface area contributed by atoms with Crippen molar-refractivity contribution in [3.63, 3.8) is 0 Å². The molecule has 8 heteroatoms. The number of carbonyl (C=O) groups excluding carboxylic acids is 1. The van der Waals surface area contributed by atoms with Gasteiger partial charge in [0.25, 0.3) is 0 Å². The number of fused-ring (bicyclic) bond motifs is 1. The molecule has 1 unspecified atom stereocenters. The first-order chi connectivity index (χ1) is 17.5. The summed E-state index contributed by atoms with van der Waals surface area (Å²) in [5.74, 6) is -0.00956.